The topological polar surface area (TPSA) is 8.81 Å². The predicted molar refractivity (Wildman–Crippen MR) is 45.3 cm³/mol. The Labute approximate surface area is 91.6 Å². The summed E-state index contributed by atoms with van der Waals surface area (Å²) in [6.07, 6.45) is 6.78. The average molecular weight is 280 g/mol. The minimum atomic E-state index is 0. The van der Waals surface area contributed by atoms with Crippen LogP contribution in [0.3, 0.4) is 0 Å². The number of imidazole rings is 1. The fourth-order valence-corrected chi connectivity index (χ4v) is 1.16. The molecule has 0 atom stereocenters. The summed E-state index contributed by atoms with van der Waals surface area (Å²) in [7, 11) is 2.08. The van der Waals surface area contributed by atoms with Gasteiger partial charge in [0.05, 0.1) is 13.6 Å². The molecule has 0 fully saturated rings. The molecule has 0 radical (unpaired) electrons. The first-order chi connectivity index (χ1) is 5.25. The molecule has 1 aromatic rings. The Morgan fingerprint density at radius 2 is 2.17 bits per heavy atom. The molecule has 2 nitrogen and oxygen atoms in total. The van der Waals surface area contributed by atoms with Gasteiger partial charge in [-0.2, -0.15) is 0 Å². The van der Waals surface area contributed by atoms with Crippen molar-refractivity contribution in [3.05, 3.63) is 18.2 Å². The van der Waals surface area contributed by atoms with E-state index in [9.17, 15) is 0 Å². The maximum absolute atomic E-state index is 2.30. The average Bonchev–Trinajstić information content (AvgIpc) is 2.31. The molecule has 0 aliphatic carbocycles. The highest BCUT2D eigenvalue weighted by molar-refractivity contribution is 4.76. The fourth-order valence-electron chi connectivity index (χ4n) is 1.16. The van der Waals surface area contributed by atoms with Crippen molar-refractivity contribution < 1.29 is 28.5 Å². The lowest BCUT2D eigenvalue weighted by Gasteiger charge is -1.95. The van der Waals surface area contributed by atoms with Crippen LogP contribution in [0.5, 0.6) is 0 Å². The van der Waals surface area contributed by atoms with Crippen LogP contribution in [-0.2, 0) is 13.6 Å². The van der Waals surface area contributed by atoms with E-state index in [2.05, 4.69) is 42.4 Å². The van der Waals surface area contributed by atoms with Gasteiger partial charge in [0, 0.05) is 6.92 Å². The van der Waals surface area contributed by atoms with E-state index in [1.807, 2.05) is 0 Å². The largest absolute Gasteiger partial charge is 1.00 e. The van der Waals surface area contributed by atoms with Crippen LogP contribution in [0.15, 0.2) is 12.4 Å². The molecular formula is C9H17IN2. The molecule has 70 valence electrons. The number of aromatic nitrogens is 2. The highest BCUT2D eigenvalue weighted by Crippen LogP contribution is 1.91. The minimum absolute atomic E-state index is 0. The molecule has 1 aromatic heterocycles. The number of hydrogen-bond donors (Lipinski definition) is 0. The molecule has 0 saturated heterocycles. The number of hydrogen-bond acceptors (Lipinski definition) is 0. The first kappa shape index (κ1) is 11.9. The van der Waals surface area contributed by atoms with Gasteiger partial charge in [-0.05, 0) is 6.42 Å². The summed E-state index contributed by atoms with van der Waals surface area (Å²) < 4.78 is 4.44. The summed E-state index contributed by atoms with van der Waals surface area (Å²) in [6.45, 7) is 5.53. The highest BCUT2D eigenvalue weighted by Gasteiger charge is 2.06. The molecular weight excluding hydrogens is 263 g/mol. The maximum atomic E-state index is 2.30. The summed E-state index contributed by atoms with van der Waals surface area (Å²) in [6, 6.07) is 0. The highest BCUT2D eigenvalue weighted by atomic mass is 127. The lowest BCUT2D eigenvalue weighted by atomic mass is 10.3. The zero-order valence-corrected chi connectivity index (χ0v) is 10.2. The summed E-state index contributed by atoms with van der Waals surface area (Å²) >= 11 is 0. The third-order valence-corrected chi connectivity index (χ3v) is 2.15. The van der Waals surface area contributed by atoms with Crippen molar-refractivity contribution in [2.24, 2.45) is 7.05 Å². The monoisotopic (exact) mass is 280 g/mol. The van der Waals surface area contributed by atoms with Crippen LogP contribution in [0, 0.1) is 6.92 Å². The van der Waals surface area contributed by atoms with Crippen LogP contribution in [0.4, 0.5) is 0 Å². The number of nitrogens with zero attached hydrogens (tertiary/aromatic N) is 2. The van der Waals surface area contributed by atoms with Crippen molar-refractivity contribution in [2.45, 2.75) is 33.2 Å². The van der Waals surface area contributed by atoms with E-state index in [1.165, 1.54) is 18.7 Å². The Morgan fingerprint density at radius 3 is 2.58 bits per heavy atom. The van der Waals surface area contributed by atoms with Crippen molar-refractivity contribution in [1.29, 1.82) is 0 Å². The summed E-state index contributed by atoms with van der Waals surface area (Å²) in [5.41, 5.74) is 0. The van der Waals surface area contributed by atoms with Crippen molar-refractivity contribution in [2.75, 3.05) is 0 Å². The molecule has 0 aromatic carbocycles. The van der Waals surface area contributed by atoms with Crippen molar-refractivity contribution in [3.8, 4) is 0 Å². The van der Waals surface area contributed by atoms with Gasteiger partial charge in [-0.3, -0.25) is 0 Å². The lowest BCUT2D eigenvalue weighted by Crippen LogP contribution is -3.00. The molecule has 0 saturated carbocycles. The van der Waals surface area contributed by atoms with E-state index in [0.29, 0.717) is 0 Å². The van der Waals surface area contributed by atoms with Crippen molar-refractivity contribution >= 4 is 0 Å². The first-order valence-corrected chi connectivity index (χ1v) is 4.27. The van der Waals surface area contributed by atoms with Crippen LogP contribution >= 0.6 is 0 Å². The maximum Gasteiger partial charge on any atom is 0.253 e. The van der Waals surface area contributed by atoms with Crippen LogP contribution in [0.2, 0.25) is 0 Å². The van der Waals surface area contributed by atoms with Gasteiger partial charge >= 0.3 is 0 Å². The quantitative estimate of drug-likeness (QED) is 0.467. The van der Waals surface area contributed by atoms with E-state index >= 15 is 0 Å². The molecule has 12 heavy (non-hydrogen) atoms. The SMILES string of the molecule is CCCC[n+]1ccn(C)c1C.[I-]. The van der Waals surface area contributed by atoms with Gasteiger partial charge in [-0.1, -0.05) is 13.3 Å². The van der Waals surface area contributed by atoms with Crippen LogP contribution < -0.4 is 28.5 Å². The number of halogens is 1. The first-order valence-electron chi connectivity index (χ1n) is 4.27. The second-order valence-electron chi connectivity index (χ2n) is 3.00. The molecule has 0 spiro atoms. The fraction of sp³-hybridized carbons (Fsp3) is 0.667. The summed E-state index contributed by atoms with van der Waals surface area (Å²) in [5, 5.41) is 0. The summed E-state index contributed by atoms with van der Waals surface area (Å²) in [5.74, 6) is 1.33. The Hall–Kier alpha value is -0.0600. The lowest BCUT2D eigenvalue weighted by molar-refractivity contribution is -0.702. The van der Waals surface area contributed by atoms with E-state index in [0.717, 1.165) is 6.54 Å². The molecule has 1 heterocycles. The van der Waals surface area contributed by atoms with Crippen molar-refractivity contribution in [1.82, 2.24) is 4.57 Å². The number of aryl methyl sites for hydroxylation is 2. The zero-order chi connectivity index (χ0) is 8.27. The predicted octanol–water partition coefficient (Wildman–Crippen LogP) is -1.57. The smallest absolute Gasteiger partial charge is 0.253 e. The molecule has 3 heteroatoms. The van der Waals surface area contributed by atoms with Crippen LogP contribution in [0.25, 0.3) is 0 Å². The molecule has 0 aliphatic rings. The molecule has 0 aliphatic heterocycles. The molecule has 0 amide bonds. The van der Waals surface area contributed by atoms with E-state index in [1.54, 1.807) is 0 Å². The van der Waals surface area contributed by atoms with E-state index in [-0.39, 0.29) is 24.0 Å². The zero-order valence-electron chi connectivity index (χ0n) is 8.05. The van der Waals surface area contributed by atoms with Gasteiger partial charge in [-0.25, -0.2) is 9.13 Å². The number of rotatable bonds is 3. The van der Waals surface area contributed by atoms with E-state index in [4.69, 9.17) is 0 Å². The van der Waals surface area contributed by atoms with E-state index < -0.39 is 0 Å². The third kappa shape index (κ3) is 2.77. The van der Waals surface area contributed by atoms with Gasteiger partial charge in [0.15, 0.2) is 0 Å². The second-order valence-corrected chi connectivity index (χ2v) is 3.00. The Kier molecular flexibility index (Phi) is 5.53. The second kappa shape index (κ2) is 5.56. The molecule has 0 unspecified atom stereocenters. The molecule has 1 rings (SSSR count). The third-order valence-electron chi connectivity index (χ3n) is 2.15. The van der Waals surface area contributed by atoms with Gasteiger partial charge in [0.25, 0.3) is 5.82 Å². The normalized spacial score (nSPS) is 9.58. The van der Waals surface area contributed by atoms with Gasteiger partial charge in [0.2, 0.25) is 0 Å². The molecule has 0 bridgehead atoms. The van der Waals surface area contributed by atoms with Crippen LogP contribution in [-0.4, -0.2) is 4.57 Å². The Morgan fingerprint density at radius 1 is 1.50 bits per heavy atom. The van der Waals surface area contributed by atoms with Crippen LogP contribution in [0.1, 0.15) is 25.6 Å². The number of unbranched alkanes of at least 4 members (excludes halogenated alkanes) is 1. The Bertz CT molecular complexity index is 230. The van der Waals surface area contributed by atoms with Gasteiger partial charge in [0.1, 0.15) is 12.4 Å². The van der Waals surface area contributed by atoms with Gasteiger partial charge < -0.3 is 24.0 Å². The standard InChI is InChI=1S/C9H17N2.HI/c1-4-5-6-11-8-7-10(3)9(11)2;/h7-8H,4-6H2,1-3H3;1H/q+1;/p-1. The molecule has 0 N–H and O–H groups in total. The Balaban J connectivity index is 0.00000121. The van der Waals surface area contributed by atoms with Crippen molar-refractivity contribution in [3.63, 3.8) is 0 Å². The minimum Gasteiger partial charge on any atom is -1.00 e. The summed E-state index contributed by atoms with van der Waals surface area (Å²) in [4.78, 5) is 0. The van der Waals surface area contributed by atoms with Gasteiger partial charge in [-0.15, -0.1) is 0 Å².